The minimum Gasteiger partial charge on any atom is -0.293 e. The molecule has 1 atom stereocenters. The number of hydrogen-bond donors (Lipinski definition) is 0. The van der Waals surface area contributed by atoms with E-state index in [1.54, 1.807) is 0 Å². The Morgan fingerprint density at radius 1 is 1.00 bits per heavy atom. The molecule has 1 nitrogen and oxygen atoms in total. The SMILES string of the molecule is CCCc1cccc(C(=O)C(CC)c2ccccc2)c1. The van der Waals surface area contributed by atoms with Crippen LogP contribution in [-0.2, 0) is 6.42 Å². The first-order chi connectivity index (χ1) is 9.76. The summed E-state index contributed by atoms with van der Waals surface area (Å²) in [5.41, 5.74) is 3.20. The van der Waals surface area contributed by atoms with Gasteiger partial charge in [-0.05, 0) is 30.0 Å². The van der Waals surface area contributed by atoms with Crippen molar-refractivity contribution in [1.82, 2.24) is 0 Å². The number of aryl methyl sites for hydroxylation is 1. The summed E-state index contributed by atoms with van der Waals surface area (Å²) in [6, 6.07) is 18.2. The number of carbonyl (C=O) groups is 1. The summed E-state index contributed by atoms with van der Waals surface area (Å²) in [6.07, 6.45) is 2.97. The Morgan fingerprint density at radius 3 is 2.40 bits per heavy atom. The van der Waals surface area contributed by atoms with Gasteiger partial charge in [0, 0.05) is 11.5 Å². The minimum atomic E-state index is -0.0342. The number of benzene rings is 2. The van der Waals surface area contributed by atoms with E-state index in [4.69, 9.17) is 0 Å². The van der Waals surface area contributed by atoms with Crippen LogP contribution in [0.4, 0.5) is 0 Å². The number of ketones is 1. The molecule has 0 amide bonds. The van der Waals surface area contributed by atoms with Crippen molar-refractivity contribution in [2.75, 3.05) is 0 Å². The third kappa shape index (κ3) is 3.36. The highest BCUT2D eigenvalue weighted by molar-refractivity contribution is 6.01. The molecule has 0 radical (unpaired) electrons. The molecule has 0 heterocycles. The number of rotatable bonds is 6. The van der Waals surface area contributed by atoms with Gasteiger partial charge in [-0.1, -0.05) is 68.8 Å². The molecule has 0 saturated carbocycles. The Kier molecular flexibility index (Phi) is 5.11. The topological polar surface area (TPSA) is 17.1 Å². The molecular weight excluding hydrogens is 244 g/mol. The van der Waals surface area contributed by atoms with E-state index >= 15 is 0 Å². The van der Waals surface area contributed by atoms with E-state index in [0.717, 1.165) is 30.4 Å². The molecular formula is C19H22O. The lowest BCUT2D eigenvalue weighted by Crippen LogP contribution is -2.12. The van der Waals surface area contributed by atoms with Crippen molar-refractivity contribution in [3.8, 4) is 0 Å². The van der Waals surface area contributed by atoms with Gasteiger partial charge in [0.2, 0.25) is 0 Å². The molecule has 2 aromatic rings. The second-order valence-corrected chi connectivity index (χ2v) is 5.19. The number of Topliss-reactive ketones (excluding diaryl/α,β-unsaturated/α-hetero) is 1. The van der Waals surface area contributed by atoms with E-state index in [0.29, 0.717) is 0 Å². The van der Waals surface area contributed by atoms with Crippen LogP contribution in [-0.4, -0.2) is 5.78 Å². The average Bonchev–Trinajstić information content (AvgIpc) is 2.50. The highest BCUT2D eigenvalue weighted by atomic mass is 16.1. The average molecular weight is 266 g/mol. The van der Waals surface area contributed by atoms with Crippen LogP contribution in [0.3, 0.4) is 0 Å². The fraction of sp³-hybridized carbons (Fsp3) is 0.316. The lowest BCUT2D eigenvalue weighted by molar-refractivity contribution is 0.0957. The van der Waals surface area contributed by atoms with E-state index in [2.05, 4.69) is 26.0 Å². The molecule has 2 rings (SSSR count). The predicted octanol–water partition coefficient (Wildman–Crippen LogP) is 5.02. The normalized spacial score (nSPS) is 12.1. The standard InChI is InChI=1S/C19H22O/c1-3-9-15-10-8-13-17(14-15)19(20)18(4-2)16-11-6-5-7-12-16/h5-8,10-14,18H,3-4,9H2,1-2H3. The highest BCUT2D eigenvalue weighted by Crippen LogP contribution is 2.24. The summed E-state index contributed by atoms with van der Waals surface area (Å²) < 4.78 is 0. The van der Waals surface area contributed by atoms with Crippen molar-refractivity contribution < 1.29 is 4.79 Å². The van der Waals surface area contributed by atoms with Crippen LogP contribution in [0.2, 0.25) is 0 Å². The van der Waals surface area contributed by atoms with Crippen LogP contribution in [0.5, 0.6) is 0 Å². The van der Waals surface area contributed by atoms with Crippen LogP contribution in [0.25, 0.3) is 0 Å². The van der Waals surface area contributed by atoms with Gasteiger partial charge >= 0.3 is 0 Å². The third-order valence-corrected chi connectivity index (χ3v) is 3.68. The van der Waals surface area contributed by atoms with Gasteiger partial charge < -0.3 is 0 Å². The summed E-state index contributed by atoms with van der Waals surface area (Å²) >= 11 is 0. The molecule has 0 spiro atoms. The van der Waals surface area contributed by atoms with Gasteiger partial charge in [-0.3, -0.25) is 4.79 Å². The smallest absolute Gasteiger partial charge is 0.170 e. The Labute approximate surface area is 121 Å². The van der Waals surface area contributed by atoms with E-state index in [9.17, 15) is 4.79 Å². The molecule has 104 valence electrons. The zero-order valence-corrected chi connectivity index (χ0v) is 12.3. The second-order valence-electron chi connectivity index (χ2n) is 5.19. The quantitative estimate of drug-likeness (QED) is 0.671. The molecule has 0 aliphatic carbocycles. The van der Waals surface area contributed by atoms with Crippen LogP contribution in [0, 0.1) is 0 Å². The third-order valence-electron chi connectivity index (χ3n) is 3.68. The lowest BCUT2D eigenvalue weighted by atomic mass is 9.88. The fourth-order valence-corrected chi connectivity index (χ4v) is 2.63. The maximum atomic E-state index is 12.7. The molecule has 0 saturated heterocycles. The van der Waals surface area contributed by atoms with Gasteiger partial charge in [0.15, 0.2) is 5.78 Å². The van der Waals surface area contributed by atoms with E-state index in [1.165, 1.54) is 5.56 Å². The molecule has 0 N–H and O–H groups in total. The van der Waals surface area contributed by atoms with E-state index < -0.39 is 0 Å². The van der Waals surface area contributed by atoms with Crippen LogP contribution < -0.4 is 0 Å². The Bertz CT molecular complexity index is 557. The molecule has 1 heteroatoms. The summed E-state index contributed by atoms with van der Waals surface area (Å²) in [4.78, 5) is 12.7. The summed E-state index contributed by atoms with van der Waals surface area (Å²) in [7, 11) is 0. The van der Waals surface area contributed by atoms with Gasteiger partial charge in [0.1, 0.15) is 0 Å². The highest BCUT2D eigenvalue weighted by Gasteiger charge is 2.20. The van der Waals surface area contributed by atoms with E-state index in [1.807, 2.05) is 42.5 Å². The molecule has 1 unspecified atom stereocenters. The zero-order chi connectivity index (χ0) is 14.4. The lowest BCUT2D eigenvalue weighted by Gasteiger charge is -2.14. The Balaban J connectivity index is 2.27. The van der Waals surface area contributed by atoms with Crippen molar-refractivity contribution in [3.63, 3.8) is 0 Å². The Hall–Kier alpha value is -1.89. The number of carbonyl (C=O) groups excluding carboxylic acids is 1. The van der Waals surface area contributed by atoms with Crippen molar-refractivity contribution in [1.29, 1.82) is 0 Å². The first-order valence-electron chi connectivity index (χ1n) is 7.44. The fourth-order valence-electron chi connectivity index (χ4n) is 2.63. The van der Waals surface area contributed by atoms with Crippen molar-refractivity contribution in [2.45, 2.75) is 39.0 Å². The summed E-state index contributed by atoms with van der Waals surface area (Å²) in [5, 5.41) is 0. The van der Waals surface area contributed by atoms with Gasteiger partial charge in [0.05, 0.1) is 0 Å². The second kappa shape index (κ2) is 7.04. The maximum Gasteiger partial charge on any atom is 0.170 e. The maximum absolute atomic E-state index is 12.7. The molecule has 0 aliphatic heterocycles. The van der Waals surface area contributed by atoms with E-state index in [-0.39, 0.29) is 11.7 Å². The molecule has 0 fully saturated rings. The van der Waals surface area contributed by atoms with Crippen molar-refractivity contribution in [3.05, 3.63) is 71.3 Å². The molecule has 2 aromatic carbocycles. The summed E-state index contributed by atoms with van der Waals surface area (Å²) in [5.74, 6) is 0.199. The molecule has 0 bridgehead atoms. The number of hydrogen-bond acceptors (Lipinski definition) is 1. The van der Waals surface area contributed by atoms with Gasteiger partial charge in [-0.15, -0.1) is 0 Å². The summed E-state index contributed by atoms with van der Waals surface area (Å²) in [6.45, 7) is 4.23. The van der Waals surface area contributed by atoms with Crippen LogP contribution in [0.15, 0.2) is 54.6 Å². The predicted molar refractivity (Wildman–Crippen MR) is 84.2 cm³/mol. The zero-order valence-electron chi connectivity index (χ0n) is 12.3. The monoisotopic (exact) mass is 266 g/mol. The molecule has 0 aromatic heterocycles. The first-order valence-corrected chi connectivity index (χ1v) is 7.44. The molecule has 20 heavy (non-hydrogen) atoms. The van der Waals surface area contributed by atoms with Crippen molar-refractivity contribution in [2.24, 2.45) is 0 Å². The Morgan fingerprint density at radius 2 is 1.75 bits per heavy atom. The van der Waals surface area contributed by atoms with Crippen LogP contribution in [0.1, 0.15) is 54.1 Å². The van der Waals surface area contributed by atoms with Crippen molar-refractivity contribution >= 4 is 5.78 Å². The van der Waals surface area contributed by atoms with Gasteiger partial charge in [-0.25, -0.2) is 0 Å². The van der Waals surface area contributed by atoms with Crippen LogP contribution >= 0.6 is 0 Å². The van der Waals surface area contributed by atoms with Gasteiger partial charge in [0.25, 0.3) is 0 Å². The largest absolute Gasteiger partial charge is 0.293 e. The molecule has 0 aliphatic rings. The van der Waals surface area contributed by atoms with Gasteiger partial charge in [-0.2, -0.15) is 0 Å². The first kappa shape index (κ1) is 14.5. The minimum absolute atomic E-state index is 0.0342.